The molecule has 0 saturated heterocycles. The standard InChI is InChI=1S/C26H12N4/c1-13-9-19(29-3)25-23-17(7-5-15(11-27)21(13)23)18-8-6-16(12-28)22-14(2)10-20(30-4)26(25)24(18)22/h5-10H,1-2H3. The Labute approximate surface area is 172 Å². The highest BCUT2D eigenvalue weighted by molar-refractivity contribution is 6.39. The third-order valence-electron chi connectivity index (χ3n) is 5.94. The predicted molar refractivity (Wildman–Crippen MR) is 119 cm³/mol. The lowest BCUT2D eigenvalue weighted by Crippen LogP contribution is -1.94. The molecular formula is C26H12N4. The summed E-state index contributed by atoms with van der Waals surface area (Å²) in [6, 6.07) is 15.6. The molecule has 136 valence electrons. The molecule has 0 amide bonds. The summed E-state index contributed by atoms with van der Waals surface area (Å²) in [5.74, 6) is 0. The molecule has 0 aliphatic carbocycles. The van der Waals surface area contributed by atoms with Crippen LogP contribution in [0.15, 0.2) is 36.4 Å². The Kier molecular flexibility index (Phi) is 3.45. The van der Waals surface area contributed by atoms with E-state index < -0.39 is 0 Å². The fourth-order valence-electron chi connectivity index (χ4n) is 4.82. The van der Waals surface area contributed by atoms with Crippen LogP contribution in [-0.2, 0) is 0 Å². The molecule has 0 heterocycles. The molecule has 0 radical (unpaired) electrons. The summed E-state index contributed by atoms with van der Waals surface area (Å²) >= 11 is 0. The molecule has 5 aromatic carbocycles. The van der Waals surface area contributed by atoms with E-state index in [-0.39, 0.29) is 0 Å². The summed E-state index contributed by atoms with van der Waals surface area (Å²) in [5.41, 5.74) is 3.74. The summed E-state index contributed by atoms with van der Waals surface area (Å²) in [5, 5.41) is 26.0. The fraction of sp³-hybridized carbons (Fsp3) is 0.0769. The van der Waals surface area contributed by atoms with Gasteiger partial charge in [0.25, 0.3) is 0 Å². The molecule has 30 heavy (non-hydrogen) atoms. The van der Waals surface area contributed by atoms with Crippen LogP contribution in [0.2, 0.25) is 0 Å². The van der Waals surface area contributed by atoms with Gasteiger partial charge in [-0.1, -0.05) is 35.4 Å². The zero-order valence-corrected chi connectivity index (χ0v) is 16.3. The van der Waals surface area contributed by atoms with E-state index in [1.165, 1.54) is 0 Å². The van der Waals surface area contributed by atoms with Gasteiger partial charge in [-0.15, -0.1) is 0 Å². The molecule has 0 bridgehead atoms. The first-order chi connectivity index (χ1) is 14.5. The molecule has 0 N–H and O–H groups in total. The van der Waals surface area contributed by atoms with Gasteiger partial charge in [-0.3, -0.25) is 0 Å². The topological polar surface area (TPSA) is 56.3 Å². The maximum atomic E-state index is 9.72. The van der Waals surface area contributed by atoms with Crippen LogP contribution >= 0.6 is 0 Å². The van der Waals surface area contributed by atoms with Crippen molar-refractivity contribution in [3.05, 3.63) is 81.5 Å². The van der Waals surface area contributed by atoms with Gasteiger partial charge in [-0.05, 0) is 58.3 Å². The quantitative estimate of drug-likeness (QED) is 0.162. The minimum atomic E-state index is 0.458. The first-order valence-electron chi connectivity index (χ1n) is 9.32. The van der Waals surface area contributed by atoms with Gasteiger partial charge >= 0.3 is 0 Å². The summed E-state index contributed by atoms with van der Waals surface area (Å²) in [4.78, 5) is 7.56. The predicted octanol–water partition coefficient (Wildman–Crippen LogP) is 7.20. The maximum Gasteiger partial charge on any atom is 0.194 e. The molecule has 0 atom stereocenters. The Morgan fingerprint density at radius 1 is 0.633 bits per heavy atom. The minimum Gasteiger partial charge on any atom is -0.238 e. The van der Waals surface area contributed by atoms with Crippen LogP contribution in [0.4, 0.5) is 11.4 Å². The molecule has 0 saturated carbocycles. The molecule has 4 heteroatoms. The van der Waals surface area contributed by atoms with Gasteiger partial charge in [0, 0.05) is 10.8 Å². The Balaban J connectivity index is 2.34. The zero-order chi connectivity index (χ0) is 21.2. The van der Waals surface area contributed by atoms with Gasteiger partial charge in [0.05, 0.1) is 36.4 Å². The number of nitriles is 2. The number of hydrogen-bond donors (Lipinski definition) is 0. The second-order valence-corrected chi connectivity index (χ2v) is 7.44. The summed E-state index contributed by atoms with van der Waals surface area (Å²) < 4.78 is 0. The van der Waals surface area contributed by atoms with Crippen molar-refractivity contribution in [1.29, 1.82) is 10.5 Å². The van der Waals surface area contributed by atoms with Crippen molar-refractivity contribution in [1.82, 2.24) is 0 Å². The Morgan fingerprint density at radius 2 is 1.03 bits per heavy atom. The van der Waals surface area contributed by atoms with E-state index >= 15 is 0 Å². The molecule has 0 unspecified atom stereocenters. The average molecular weight is 380 g/mol. The van der Waals surface area contributed by atoms with Crippen LogP contribution in [0.25, 0.3) is 52.8 Å². The smallest absolute Gasteiger partial charge is 0.194 e. The van der Waals surface area contributed by atoms with Crippen molar-refractivity contribution in [2.75, 3.05) is 0 Å². The number of rotatable bonds is 0. The Bertz CT molecular complexity index is 1610. The molecule has 4 nitrogen and oxygen atoms in total. The van der Waals surface area contributed by atoms with Gasteiger partial charge in [0.1, 0.15) is 0 Å². The molecule has 0 spiro atoms. The maximum absolute atomic E-state index is 9.72. The first kappa shape index (κ1) is 17.5. The monoisotopic (exact) mass is 380 g/mol. The van der Waals surface area contributed by atoms with Crippen molar-refractivity contribution in [2.24, 2.45) is 0 Å². The third kappa shape index (κ3) is 1.95. The Morgan fingerprint density at radius 3 is 1.37 bits per heavy atom. The van der Waals surface area contributed by atoms with Crippen molar-refractivity contribution >= 4 is 54.5 Å². The van der Waals surface area contributed by atoms with Gasteiger partial charge in [-0.2, -0.15) is 10.5 Å². The van der Waals surface area contributed by atoms with E-state index in [9.17, 15) is 10.5 Å². The van der Waals surface area contributed by atoms with Gasteiger partial charge in [0.15, 0.2) is 11.4 Å². The third-order valence-corrected chi connectivity index (χ3v) is 5.94. The highest BCUT2D eigenvalue weighted by Crippen LogP contribution is 2.49. The van der Waals surface area contributed by atoms with Crippen LogP contribution in [0.5, 0.6) is 0 Å². The largest absolute Gasteiger partial charge is 0.238 e. The lowest BCUT2D eigenvalue weighted by Gasteiger charge is -2.20. The van der Waals surface area contributed by atoms with E-state index in [1.807, 2.05) is 38.1 Å². The molecule has 5 rings (SSSR count). The van der Waals surface area contributed by atoms with Crippen molar-refractivity contribution < 1.29 is 0 Å². The van der Waals surface area contributed by atoms with Crippen LogP contribution in [0, 0.1) is 49.7 Å². The lowest BCUT2D eigenvalue weighted by atomic mass is 9.83. The normalized spacial score (nSPS) is 10.9. The van der Waals surface area contributed by atoms with E-state index in [1.54, 1.807) is 12.1 Å². The van der Waals surface area contributed by atoms with Gasteiger partial charge in [0.2, 0.25) is 0 Å². The minimum absolute atomic E-state index is 0.458. The van der Waals surface area contributed by atoms with Gasteiger partial charge < -0.3 is 0 Å². The van der Waals surface area contributed by atoms with Crippen LogP contribution in [-0.4, -0.2) is 0 Å². The second-order valence-electron chi connectivity index (χ2n) is 7.44. The van der Waals surface area contributed by atoms with Crippen LogP contribution in [0.3, 0.4) is 0 Å². The summed E-state index contributed by atoms with van der Waals surface area (Å²) in [6.45, 7) is 19.4. The molecule has 0 aliphatic heterocycles. The number of hydrogen-bond acceptors (Lipinski definition) is 2. The van der Waals surface area contributed by atoms with Crippen LogP contribution < -0.4 is 0 Å². The van der Waals surface area contributed by atoms with Crippen molar-refractivity contribution in [2.45, 2.75) is 13.8 Å². The number of aryl methyl sites for hydroxylation is 2. The molecule has 0 fully saturated rings. The number of fused-ring (bicyclic) bond motifs is 2. The molecule has 5 aromatic rings. The van der Waals surface area contributed by atoms with E-state index in [0.717, 1.165) is 43.4 Å². The van der Waals surface area contributed by atoms with E-state index in [0.29, 0.717) is 33.3 Å². The van der Waals surface area contributed by atoms with Gasteiger partial charge in [-0.25, -0.2) is 9.69 Å². The Hall–Kier alpha value is -4.64. The second kappa shape index (κ2) is 5.93. The SMILES string of the molecule is [C-]#[N+]c1cc(C)c2c(C#N)ccc3c4ccc(C#N)c5c(C)cc([N+]#[C-])c(c1c23)c54. The highest BCUT2D eigenvalue weighted by atomic mass is 14.7. The van der Waals surface area contributed by atoms with Crippen LogP contribution in [0.1, 0.15) is 22.3 Å². The number of nitrogens with zero attached hydrogens (tertiary/aromatic N) is 4. The summed E-state index contributed by atoms with van der Waals surface area (Å²) in [6.07, 6.45) is 0. The van der Waals surface area contributed by atoms with Crippen molar-refractivity contribution in [3.8, 4) is 12.1 Å². The molecule has 0 aliphatic rings. The highest BCUT2D eigenvalue weighted by Gasteiger charge is 2.22. The van der Waals surface area contributed by atoms with E-state index in [2.05, 4.69) is 21.8 Å². The molecular weight excluding hydrogens is 368 g/mol. The average Bonchev–Trinajstić information content (AvgIpc) is 2.77. The van der Waals surface area contributed by atoms with E-state index in [4.69, 9.17) is 13.1 Å². The zero-order valence-electron chi connectivity index (χ0n) is 16.3. The fourth-order valence-corrected chi connectivity index (χ4v) is 4.82. The lowest BCUT2D eigenvalue weighted by molar-refractivity contribution is 1.48. The molecule has 0 aromatic heterocycles. The van der Waals surface area contributed by atoms with Crippen molar-refractivity contribution in [3.63, 3.8) is 0 Å². The summed E-state index contributed by atoms with van der Waals surface area (Å²) in [7, 11) is 0. The first-order valence-corrected chi connectivity index (χ1v) is 9.32. The number of benzene rings is 5.